The maximum Gasteiger partial charge on any atom is 0.234 e. The van der Waals surface area contributed by atoms with Gasteiger partial charge < -0.3 is 9.15 Å². The quantitative estimate of drug-likeness (QED) is 0.531. The van der Waals surface area contributed by atoms with Crippen molar-refractivity contribution in [2.24, 2.45) is 0 Å². The van der Waals surface area contributed by atoms with E-state index in [2.05, 4.69) is 9.97 Å². The topological polar surface area (TPSA) is 65.2 Å². The van der Waals surface area contributed by atoms with Crippen LogP contribution in [0.1, 0.15) is 0 Å². The van der Waals surface area contributed by atoms with Gasteiger partial charge in [-0.1, -0.05) is 12.1 Å². The van der Waals surface area contributed by atoms with Crippen molar-refractivity contribution >= 4 is 22.1 Å². The van der Waals surface area contributed by atoms with Crippen LogP contribution in [-0.4, -0.2) is 17.1 Å². The fourth-order valence-electron chi connectivity index (χ4n) is 2.47. The van der Waals surface area contributed by atoms with Crippen LogP contribution in [0, 0.1) is 0 Å². The Morgan fingerprint density at radius 1 is 1.00 bits per heavy atom. The van der Waals surface area contributed by atoms with Crippen LogP contribution >= 0.6 is 0 Å². The van der Waals surface area contributed by atoms with Gasteiger partial charge >= 0.3 is 0 Å². The molecule has 5 nitrogen and oxygen atoms in total. The van der Waals surface area contributed by atoms with E-state index in [9.17, 15) is 4.79 Å². The molecule has 0 atom stereocenters. The molecule has 0 unspecified atom stereocenters. The smallest absolute Gasteiger partial charge is 0.234 e. The van der Waals surface area contributed by atoms with Gasteiger partial charge in [0.05, 0.1) is 12.5 Å². The molecule has 4 rings (SSSR count). The Morgan fingerprint density at radius 2 is 1.78 bits per heavy atom. The van der Waals surface area contributed by atoms with Crippen molar-refractivity contribution < 1.29 is 9.15 Å². The number of para-hydroxylation sites is 1. The van der Waals surface area contributed by atoms with E-state index in [4.69, 9.17) is 9.15 Å². The molecule has 2 heterocycles. The maximum absolute atomic E-state index is 12.5. The molecular weight excluding hydrogens is 292 g/mol. The van der Waals surface area contributed by atoms with Crippen LogP contribution in [0.2, 0.25) is 0 Å². The monoisotopic (exact) mass is 304 g/mol. The second-order valence-electron chi connectivity index (χ2n) is 5.07. The van der Waals surface area contributed by atoms with Crippen LogP contribution in [-0.2, 0) is 0 Å². The maximum atomic E-state index is 12.5. The highest BCUT2D eigenvalue weighted by molar-refractivity contribution is 5.88. The number of nitrogens with zero attached hydrogens (tertiary/aromatic N) is 2. The third kappa shape index (κ3) is 2.23. The molecule has 2 aromatic carbocycles. The van der Waals surface area contributed by atoms with Crippen LogP contribution in [0.4, 0.5) is 0 Å². The molecule has 2 aromatic heterocycles. The van der Waals surface area contributed by atoms with Gasteiger partial charge in [-0.25, -0.2) is 4.98 Å². The van der Waals surface area contributed by atoms with E-state index in [1.807, 2.05) is 30.3 Å². The zero-order valence-corrected chi connectivity index (χ0v) is 12.3. The Hall–Kier alpha value is -3.21. The zero-order chi connectivity index (χ0) is 15.8. The Bertz CT molecular complexity index is 1070. The van der Waals surface area contributed by atoms with E-state index in [1.165, 1.54) is 6.20 Å². The van der Waals surface area contributed by atoms with Gasteiger partial charge in [-0.3, -0.25) is 4.79 Å². The van der Waals surface area contributed by atoms with Gasteiger partial charge in [0.25, 0.3) is 0 Å². The summed E-state index contributed by atoms with van der Waals surface area (Å²) in [5.74, 6) is 1.26. The zero-order valence-electron chi connectivity index (χ0n) is 12.3. The Morgan fingerprint density at radius 3 is 2.57 bits per heavy atom. The molecule has 0 saturated heterocycles. The minimum Gasteiger partial charge on any atom is -0.497 e. The lowest BCUT2D eigenvalue weighted by atomic mass is 10.2. The summed E-state index contributed by atoms with van der Waals surface area (Å²) in [6.45, 7) is 0. The van der Waals surface area contributed by atoms with Gasteiger partial charge in [0.1, 0.15) is 16.7 Å². The van der Waals surface area contributed by atoms with Crippen LogP contribution in [0.15, 0.2) is 63.9 Å². The number of hydrogen-bond donors (Lipinski definition) is 0. The normalized spacial score (nSPS) is 11.0. The van der Waals surface area contributed by atoms with Crippen molar-refractivity contribution in [2.75, 3.05) is 7.11 Å². The number of benzene rings is 2. The van der Waals surface area contributed by atoms with E-state index < -0.39 is 0 Å². The largest absolute Gasteiger partial charge is 0.497 e. The van der Waals surface area contributed by atoms with Crippen molar-refractivity contribution in [1.29, 1.82) is 0 Å². The second kappa shape index (κ2) is 5.21. The molecule has 4 aromatic rings. The first kappa shape index (κ1) is 13.5. The summed E-state index contributed by atoms with van der Waals surface area (Å²) in [4.78, 5) is 21.1. The molecular formula is C18H12N2O3. The van der Waals surface area contributed by atoms with Gasteiger partial charge in [0, 0.05) is 11.8 Å². The minimum absolute atomic E-state index is 0.122. The van der Waals surface area contributed by atoms with E-state index in [1.54, 1.807) is 25.3 Å². The molecule has 5 heteroatoms. The van der Waals surface area contributed by atoms with Crippen molar-refractivity contribution in [3.63, 3.8) is 0 Å². The third-order valence-electron chi connectivity index (χ3n) is 3.68. The minimum atomic E-state index is -0.122. The second-order valence-corrected chi connectivity index (χ2v) is 5.07. The summed E-state index contributed by atoms with van der Waals surface area (Å²) in [5, 5.41) is 0.904. The van der Waals surface area contributed by atoms with Crippen LogP contribution in [0.3, 0.4) is 0 Å². The SMILES string of the molecule is COc1ccc(-c2ncc3c(=O)c4ccccc4oc3n2)cc1. The molecule has 0 N–H and O–H groups in total. The molecule has 0 saturated carbocycles. The predicted octanol–water partition coefficient (Wildman–Crippen LogP) is 3.41. The molecule has 0 fully saturated rings. The van der Waals surface area contributed by atoms with Crippen LogP contribution in [0.25, 0.3) is 33.5 Å². The molecule has 112 valence electrons. The Kier molecular flexibility index (Phi) is 3.05. The summed E-state index contributed by atoms with van der Waals surface area (Å²) < 4.78 is 10.9. The lowest BCUT2D eigenvalue weighted by Crippen LogP contribution is -2.04. The van der Waals surface area contributed by atoms with Crippen molar-refractivity contribution in [3.8, 4) is 17.1 Å². The molecule has 23 heavy (non-hydrogen) atoms. The molecule has 0 aliphatic heterocycles. The van der Waals surface area contributed by atoms with Gasteiger partial charge in [0.15, 0.2) is 5.82 Å². The summed E-state index contributed by atoms with van der Waals surface area (Å²) in [6.07, 6.45) is 1.51. The summed E-state index contributed by atoms with van der Waals surface area (Å²) in [7, 11) is 1.61. The fourth-order valence-corrected chi connectivity index (χ4v) is 2.47. The van der Waals surface area contributed by atoms with Crippen molar-refractivity contribution in [1.82, 2.24) is 9.97 Å². The Labute approximate surface area is 131 Å². The number of methoxy groups -OCH3 is 1. The van der Waals surface area contributed by atoms with Gasteiger partial charge in [-0.2, -0.15) is 4.98 Å². The molecule has 0 radical (unpaired) electrons. The first-order valence-electron chi connectivity index (χ1n) is 7.09. The van der Waals surface area contributed by atoms with Crippen LogP contribution < -0.4 is 10.2 Å². The lowest BCUT2D eigenvalue weighted by molar-refractivity contribution is 0.415. The molecule has 0 aliphatic rings. The summed E-state index contributed by atoms with van der Waals surface area (Å²) in [5.41, 5.74) is 1.51. The highest BCUT2D eigenvalue weighted by Gasteiger charge is 2.11. The van der Waals surface area contributed by atoms with Gasteiger partial charge in [-0.15, -0.1) is 0 Å². The first-order valence-corrected chi connectivity index (χ1v) is 7.09. The first-order chi connectivity index (χ1) is 11.3. The number of ether oxygens (including phenoxy) is 1. The number of rotatable bonds is 2. The number of fused-ring (bicyclic) bond motifs is 2. The van der Waals surface area contributed by atoms with Crippen molar-refractivity contribution in [2.45, 2.75) is 0 Å². The molecule has 0 amide bonds. The highest BCUT2D eigenvalue weighted by atomic mass is 16.5. The Balaban J connectivity index is 1.93. The van der Waals surface area contributed by atoms with E-state index in [0.717, 1.165) is 11.3 Å². The lowest BCUT2D eigenvalue weighted by Gasteiger charge is -2.04. The molecule has 0 aliphatic carbocycles. The van der Waals surface area contributed by atoms with E-state index in [0.29, 0.717) is 22.2 Å². The third-order valence-corrected chi connectivity index (χ3v) is 3.68. The number of hydrogen-bond acceptors (Lipinski definition) is 5. The summed E-state index contributed by atoms with van der Waals surface area (Å²) >= 11 is 0. The standard InChI is InChI=1S/C18H12N2O3/c1-22-12-8-6-11(7-9-12)17-19-10-14-16(21)13-4-2-3-5-15(13)23-18(14)20-17/h2-10H,1H3. The van der Waals surface area contributed by atoms with E-state index in [-0.39, 0.29) is 11.1 Å². The summed E-state index contributed by atoms with van der Waals surface area (Å²) in [6, 6.07) is 14.5. The molecule has 0 spiro atoms. The fraction of sp³-hybridized carbons (Fsp3) is 0.0556. The average Bonchev–Trinajstić information content (AvgIpc) is 2.61. The van der Waals surface area contributed by atoms with Gasteiger partial charge in [0.2, 0.25) is 11.1 Å². The highest BCUT2D eigenvalue weighted by Crippen LogP contribution is 2.22. The average molecular weight is 304 g/mol. The van der Waals surface area contributed by atoms with Gasteiger partial charge in [-0.05, 0) is 36.4 Å². The molecule has 0 bridgehead atoms. The predicted molar refractivity (Wildman–Crippen MR) is 87.6 cm³/mol. The van der Waals surface area contributed by atoms with Crippen molar-refractivity contribution in [3.05, 3.63) is 65.0 Å². The van der Waals surface area contributed by atoms with E-state index >= 15 is 0 Å². The number of aromatic nitrogens is 2. The van der Waals surface area contributed by atoms with Crippen LogP contribution in [0.5, 0.6) is 5.75 Å².